The lowest BCUT2D eigenvalue weighted by Gasteiger charge is -2.08. The van der Waals surface area contributed by atoms with Crippen molar-refractivity contribution in [3.63, 3.8) is 0 Å². The Morgan fingerprint density at radius 2 is 1.92 bits per heavy atom. The molecule has 0 bridgehead atoms. The molecule has 0 atom stereocenters. The summed E-state index contributed by atoms with van der Waals surface area (Å²) in [7, 11) is 0. The number of amides is 1. The first-order valence-corrected chi connectivity index (χ1v) is 7.50. The molecule has 2 aromatic carbocycles. The first kappa shape index (κ1) is 17.5. The van der Waals surface area contributed by atoms with Gasteiger partial charge in [-0.05, 0) is 42.0 Å². The average Bonchev–Trinajstić information content (AvgIpc) is 2.92. The molecule has 0 aliphatic heterocycles. The predicted molar refractivity (Wildman–Crippen MR) is 89.5 cm³/mol. The molecule has 0 aliphatic carbocycles. The quantitative estimate of drug-likeness (QED) is 0.684. The number of alkyl halides is 3. The molecule has 5 nitrogen and oxygen atoms in total. The summed E-state index contributed by atoms with van der Waals surface area (Å²) in [5.74, 6) is -0.184. The van der Waals surface area contributed by atoms with Gasteiger partial charge in [0, 0.05) is 18.7 Å². The molecule has 8 heteroatoms. The number of halogens is 3. The summed E-state index contributed by atoms with van der Waals surface area (Å²) in [5.41, 5.74) is 2.35. The van der Waals surface area contributed by atoms with Gasteiger partial charge in [0.2, 0.25) is 5.91 Å². The van der Waals surface area contributed by atoms with E-state index in [1.165, 1.54) is 36.4 Å². The first-order valence-electron chi connectivity index (χ1n) is 7.50. The highest BCUT2D eigenvalue weighted by Crippen LogP contribution is 2.23. The molecule has 0 unspecified atom stereocenters. The zero-order valence-corrected chi connectivity index (χ0v) is 13.5. The third kappa shape index (κ3) is 4.62. The van der Waals surface area contributed by atoms with Crippen LogP contribution in [0, 0.1) is 6.92 Å². The highest BCUT2D eigenvalue weighted by molar-refractivity contribution is 6.02. The average molecular weight is 362 g/mol. The summed E-state index contributed by atoms with van der Waals surface area (Å²) in [5, 5.41) is 2.68. The van der Waals surface area contributed by atoms with Gasteiger partial charge in [0.1, 0.15) is 11.3 Å². The van der Waals surface area contributed by atoms with Crippen LogP contribution in [0.2, 0.25) is 0 Å². The van der Waals surface area contributed by atoms with Crippen molar-refractivity contribution in [3.05, 3.63) is 60.0 Å². The molecule has 1 amide bonds. The Morgan fingerprint density at radius 1 is 1.19 bits per heavy atom. The second-order valence-electron chi connectivity index (χ2n) is 5.35. The highest BCUT2D eigenvalue weighted by atomic mass is 19.4. The van der Waals surface area contributed by atoms with Crippen LogP contribution in [-0.4, -0.2) is 17.3 Å². The maximum atomic E-state index is 12.1. The van der Waals surface area contributed by atoms with E-state index in [0.717, 1.165) is 0 Å². The summed E-state index contributed by atoms with van der Waals surface area (Å²) >= 11 is 0. The highest BCUT2D eigenvalue weighted by Gasteiger charge is 2.30. The molecule has 1 N–H and O–H groups in total. The van der Waals surface area contributed by atoms with Crippen LogP contribution in [0.1, 0.15) is 11.5 Å². The first-order chi connectivity index (χ1) is 12.3. The van der Waals surface area contributed by atoms with E-state index in [-0.39, 0.29) is 11.7 Å². The molecule has 0 saturated carbocycles. The number of aromatic nitrogens is 1. The van der Waals surface area contributed by atoms with E-state index in [4.69, 9.17) is 4.42 Å². The minimum absolute atomic E-state index is 0.324. The van der Waals surface area contributed by atoms with E-state index < -0.39 is 6.36 Å². The van der Waals surface area contributed by atoms with Crippen molar-refractivity contribution < 1.29 is 27.1 Å². The van der Waals surface area contributed by atoms with Gasteiger partial charge in [-0.2, -0.15) is 0 Å². The van der Waals surface area contributed by atoms with Crippen molar-refractivity contribution in [2.75, 3.05) is 5.32 Å². The number of anilines is 1. The fourth-order valence-electron chi connectivity index (χ4n) is 2.26. The smallest absolute Gasteiger partial charge is 0.441 e. The number of nitrogens with zero attached hydrogens (tertiary/aromatic N) is 1. The van der Waals surface area contributed by atoms with Crippen LogP contribution in [-0.2, 0) is 4.79 Å². The third-order valence-electron chi connectivity index (χ3n) is 3.30. The molecular weight excluding hydrogens is 349 g/mol. The number of aryl methyl sites for hydroxylation is 1. The molecule has 3 rings (SSSR count). The topological polar surface area (TPSA) is 64.4 Å². The van der Waals surface area contributed by atoms with Crippen LogP contribution in [0.3, 0.4) is 0 Å². The van der Waals surface area contributed by atoms with Gasteiger partial charge in [0.05, 0.1) is 0 Å². The zero-order valence-electron chi connectivity index (χ0n) is 13.5. The third-order valence-corrected chi connectivity index (χ3v) is 3.30. The molecule has 0 fully saturated rings. The van der Waals surface area contributed by atoms with Crippen LogP contribution in [0.15, 0.2) is 53.0 Å². The van der Waals surface area contributed by atoms with Crippen LogP contribution in [0.5, 0.6) is 5.75 Å². The van der Waals surface area contributed by atoms with Gasteiger partial charge in [0.15, 0.2) is 11.5 Å². The Bertz CT molecular complexity index is 960. The van der Waals surface area contributed by atoms with Crippen molar-refractivity contribution in [3.8, 4) is 5.75 Å². The second kappa shape index (κ2) is 6.91. The minimum atomic E-state index is -4.74. The molecular formula is C18H13F3N2O3. The van der Waals surface area contributed by atoms with E-state index in [2.05, 4.69) is 15.0 Å². The lowest BCUT2D eigenvalue weighted by molar-refractivity contribution is -0.274. The molecule has 0 saturated heterocycles. The van der Waals surface area contributed by atoms with Crippen LogP contribution in [0.4, 0.5) is 18.9 Å². The molecule has 3 aromatic rings. The van der Waals surface area contributed by atoms with Crippen molar-refractivity contribution in [2.24, 2.45) is 0 Å². The zero-order chi connectivity index (χ0) is 18.7. The molecule has 0 spiro atoms. The van der Waals surface area contributed by atoms with E-state index in [9.17, 15) is 18.0 Å². The Kier molecular flexibility index (Phi) is 4.66. The number of hydrogen-bond acceptors (Lipinski definition) is 4. The largest absolute Gasteiger partial charge is 0.573 e. The summed E-state index contributed by atoms with van der Waals surface area (Å²) < 4.78 is 45.4. The van der Waals surface area contributed by atoms with E-state index >= 15 is 0 Å². The van der Waals surface area contributed by atoms with Gasteiger partial charge in [-0.25, -0.2) is 4.98 Å². The minimum Gasteiger partial charge on any atom is -0.441 e. The van der Waals surface area contributed by atoms with Crippen LogP contribution < -0.4 is 10.1 Å². The van der Waals surface area contributed by atoms with Gasteiger partial charge in [0.25, 0.3) is 0 Å². The number of fused-ring (bicyclic) bond motifs is 1. The van der Waals surface area contributed by atoms with Gasteiger partial charge in [-0.3, -0.25) is 4.79 Å². The Balaban J connectivity index is 1.63. The van der Waals surface area contributed by atoms with Gasteiger partial charge in [-0.15, -0.1) is 13.2 Å². The summed E-state index contributed by atoms with van der Waals surface area (Å²) in [4.78, 5) is 16.1. The Hall–Kier alpha value is -3.29. The van der Waals surface area contributed by atoms with Crippen molar-refractivity contribution >= 4 is 28.8 Å². The van der Waals surface area contributed by atoms with Crippen molar-refractivity contribution in [1.82, 2.24) is 4.98 Å². The normalized spacial score (nSPS) is 11.8. The number of nitrogens with one attached hydrogen (secondary N) is 1. The monoisotopic (exact) mass is 362 g/mol. The number of carbonyl (C=O) groups is 1. The summed E-state index contributed by atoms with van der Waals surface area (Å²) in [6.07, 6.45) is -1.98. The summed E-state index contributed by atoms with van der Waals surface area (Å²) in [6.45, 7) is 1.73. The second-order valence-corrected chi connectivity index (χ2v) is 5.35. The predicted octanol–water partition coefficient (Wildman–Crippen LogP) is 4.69. The number of hydrogen-bond donors (Lipinski definition) is 1. The van der Waals surface area contributed by atoms with Gasteiger partial charge < -0.3 is 14.5 Å². The van der Waals surface area contributed by atoms with Gasteiger partial charge in [-0.1, -0.05) is 12.1 Å². The number of rotatable bonds is 4. The van der Waals surface area contributed by atoms with E-state index in [1.54, 1.807) is 25.1 Å². The molecule has 134 valence electrons. The number of oxazole rings is 1. The van der Waals surface area contributed by atoms with Crippen molar-refractivity contribution in [1.29, 1.82) is 0 Å². The van der Waals surface area contributed by atoms with E-state index in [1.807, 2.05) is 0 Å². The molecule has 0 radical (unpaired) electrons. The SMILES string of the molecule is Cc1nc2cc(NC(=O)/C=C/c3ccc(OC(F)(F)F)cc3)ccc2o1. The maximum absolute atomic E-state index is 12.1. The van der Waals surface area contributed by atoms with E-state index in [0.29, 0.717) is 28.2 Å². The standard InChI is InChI=1S/C18H13F3N2O3/c1-11-22-15-10-13(5-8-16(15)25-11)23-17(24)9-4-12-2-6-14(7-3-12)26-18(19,20)21/h2-10H,1H3,(H,23,24)/b9-4+. The fourth-order valence-corrected chi connectivity index (χ4v) is 2.26. The van der Waals surface area contributed by atoms with Crippen LogP contribution in [0.25, 0.3) is 17.2 Å². The molecule has 1 heterocycles. The Labute approximate surface area is 146 Å². The van der Waals surface area contributed by atoms with Crippen LogP contribution >= 0.6 is 0 Å². The van der Waals surface area contributed by atoms with Gasteiger partial charge >= 0.3 is 6.36 Å². The summed E-state index contributed by atoms with van der Waals surface area (Å²) in [6, 6.07) is 10.2. The number of benzene rings is 2. The molecule has 0 aliphatic rings. The molecule has 26 heavy (non-hydrogen) atoms. The van der Waals surface area contributed by atoms with Crippen molar-refractivity contribution in [2.45, 2.75) is 13.3 Å². The lowest BCUT2D eigenvalue weighted by Crippen LogP contribution is -2.16. The maximum Gasteiger partial charge on any atom is 0.573 e. The Morgan fingerprint density at radius 3 is 2.62 bits per heavy atom. The number of carbonyl (C=O) groups excluding carboxylic acids is 1. The molecule has 1 aromatic heterocycles. The number of ether oxygens (including phenoxy) is 1. The fraction of sp³-hybridized carbons (Fsp3) is 0.111. The lowest BCUT2D eigenvalue weighted by atomic mass is 10.2.